The van der Waals surface area contributed by atoms with Crippen molar-refractivity contribution in [3.8, 4) is 0 Å². The monoisotopic (exact) mass is 406 g/mol. The van der Waals surface area contributed by atoms with E-state index in [1.165, 1.54) is 78.0 Å². The van der Waals surface area contributed by atoms with Gasteiger partial charge in [0.15, 0.2) is 0 Å². The Labute approximate surface area is 170 Å². The predicted octanol–water partition coefficient (Wildman–Crippen LogP) is 3.98. The summed E-state index contributed by atoms with van der Waals surface area (Å²) in [5.41, 5.74) is 1.31. The van der Waals surface area contributed by atoms with Crippen LogP contribution in [0.25, 0.3) is 5.76 Å². The van der Waals surface area contributed by atoms with E-state index in [0.717, 1.165) is 0 Å². The highest BCUT2D eigenvalue weighted by molar-refractivity contribution is 6.46. The molecule has 0 spiro atoms. The molecule has 1 aliphatic heterocycles. The van der Waals surface area contributed by atoms with Gasteiger partial charge in [-0.05, 0) is 47.5 Å². The number of aromatic nitrogens is 1. The molecule has 1 atom stereocenters. The molecule has 0 radical (unpaired) electrons. The summed E-state index contributed by atoms with van der Waals surface area (Å²) in [6.07, 6.45) is 2.91. The minimum atomic E-state index is -0.927. The minimum Gasteiger partial charge on any atom is -0.507 e. The lowest BCUT2D eigenvalue weighted by Gasteiger charge is -2.25. The summed E-state index contributed by atoms with van der Waals surface area (Å²) in [6, 6.07) is 13.0. The molecule has 1 aromatic heterocycles. The molecule has 0 bridgehead atoms. The number of halogens is 2. The summed E-state index contributed by atoms with van der Waals surface area (Å²) < 4.78 is 26.7. The van der Waals surface area contributed by atoms with Crippen LogP contribution in [0.1, 0.15) is 22.7 Å². The molecule has 4 rings (SSSR count). The van der Waals surface area contributed by atoms with Gasteiger partial charge in [-0.2, -0.15) is 0 Å². The van der Waals surface area contributed by atoms with E-state index in [0.29, 0.717) is 16.7 Å². The average molecular weight is 406 g/mol. The SMILES string of the molecule is O=C1C(=O)N(Cc2ccc(F)cc2)C(c2ccc(F)cc2)/C1=C(/O)c1ccncc1. The van der Waals surface area contributed by atoms with Crippen LogP contribution in [-0.2, 0) is 16.1 Å². The van der Waals surface area contributed by atoms with Crippen LogP contribution in [0.4, 0.5) is 8.78 Å². The zero-order valence-corrected chi connectivity index (χ0v) is 15.6. The van der Waals surface area contributed by atoms with Crippen LogP contribution in [0.3, 0.4) is 0 Å². The van der Waals surface area contributed by atoms with Gasteiger partial charge < -0.3 is 10.0 Å². The molecule has 5 nitrogen and oxygen atoms in total. The maximum absolute atomic E-state index is 13.5. The van der Waals surface area contributed by atoms with Crippen molar-refractivity contribution in [1.82, 2.24) is 9.88 Å². The topological polar surface area (TPSA) is 70.5 Å². The molecule has 0 saturated carbocycles. The minimum absolute atomic E-state index is 0.0139. The quantitative estimate of drug-likeness (QED) is 0.404. The summed E-state index contributed by atoms with van der Waals surface area (Å²) in [4.78, 5) is 30.9. The van der Waals surface area contributed by atoms with E-state index in [9.17, 15) is 23.5 Å². The van der Waals surface area contributed by atoms with Crippen molar-refractivity contribution in [3.05, 3.63) is 107 Å². The van der Waals surface area contributed by atoms with Crippen molar-refractivity contribution >= 4 is 17.4 Å². The Morgan fingerprint density at radius 1 is 0.900 bits per heavy atom. The van der Waals surface area contributed by atoms with Gasteiger partial charge in [0, 0.05) is 24.5 Å². The summed E-state index contributed by atoms with van der Waals surface area (Å²) >= 11 is 0. The van der Waals surface area contributed by atoms with Gasteiger partial charge >= 0.3 is 0 Å². The van der Waals surface area contributed by atoms with Gasteiger partial charge in [0.25, 0.3) is 11.7 Å². The fraction of sp³-hybridized carbons (Fsp3) is 0.0870. The van der Waals surface area contributed by atoms with Crippen LogP contribution in [0, 0.1) is 11.6 Å². The lowest BCUT2D eigenvalue weighted by molar-refractivity contribution is -0.140. The number of pyridine rings is 1. The average Bonchev–Trinajstić information content (AvgIpc) is 3.01. The number of aliphatic hydroxyl groups excluding tert-OH is 1. The number of amides is 1. The third kappa shape index (κ3) is 3.57. The van der Waals surface area contributed by atoms with Crippen LogP contribution in [0.2, 0.25) is 0 Å². The van der Waals surface area contributed by atoms with E-state index < -0.39 is 29.4 Å². The van der Waals surface area contributed by atoms with Crippen LogP contribution < -0.4 is 0 Å². The number of hydrogen-bond donors (Lipinski definition) is 1. The molecule has 1 fully saturated rings. The van der Waals surface area contributed by atoms with Gasteiger partial charge in [0.2, 0.25) is 0 Å². The van der Waals surface area contributed by atoms with E-state index in [1.807, 2.05) is 0 Å². The number of rotatable bonds is 4. The third-order valence-electron chi connectivity index (χ3n) is 4.95. The molecular weight excluding hydrogens is 390 g/mol. The van der Waals surface area contributed by atoms with E-state index in [-0.39, 0.29) is 17.9 Å². The van der Waals surface area contributed by atoms with E-state index in [1.54, 1.807) is 0 Å². The van der Waals surface area contributed by atoms with Gasteiger partial charge in [-0.25, -0.2) is 8.78 Å². The van der Waals surface area contributed by atoms with Crippen LogP contribution in [-0.4, -0.2) is 26.7 Å². The molecule has 7 heteroatoms. The van der Waals surface area contributed by atoms with Gasteiger partial charge in [-0.1, -0.05) is 24.3 Å². The Morgan fingerprint density at radius 2 is 1.47 bits per heavy atom. The number of nitrogens with zero attached hydrogens (tertiary/aromatic N) is 2. The van der Waals surface area contributed by atoms with Gasteiger partial charge in [-0.15, -0.1) is 0 Å². The third-order valence-corrected chi connectivity index (χ3v) is 4.95. The number of Topliss-reactive ketones (excluding diaryl/α,β-unsaturated/α-hetero) is 1. The number of ketones is 1. The maximum Gasteiger partial charge on any atom is 0.295 e. The number of hydrogen-bond acceptors (Lipinski definition) is 4. The standard InChI is InChI=1S/C23H16F2N2O3/c24-17-5-1-14(2-6-17)13-27-20(15-3-7-18(25)8-4-15)19(22(29)23(27)30)21(28)16-9-11-26-12-10-16/h1-12,20,28H,13H2/b21-19-. The fourth-order valence-corrected chi connectivity index (χ4v) is 3.49. The zero-order valence-electron chi connectivity index (χ0n) is 15.6. The molecule has 150 valence electrons. The molecule has 1 saturated heterocycles. The van der Waals surface area contributed by atoms with Crippen molar-refractivity contribution < 1.29 is 23.5 Å². The highest BCUT2D eigenvalue weighted by atomic mass is 19.1. The molecule has 0 aliphatic carbocycles. The van der Waals surface area contributed by atoms with Crippen molar-refractivity contribution in [2.75, 3.05) is 0 Å². The van der Waals surface area contributed by atoms with Gasteiger partial charge in [0.05, 0.1) is 11.6 Å². The van der Waals surface area contributed by atoms with Crippen molar-refractivity contribution in [1.29, 1.82) is 0 Å². The Hall–Kier alpha value is -3.87. The van der Waals surface area contributed by atoms with Gasteiger partial charge in [-0.3, -0.25) is 14.6 Å². The molecule has 2 heterocycles. The number of carbonyl (C=O) groups is 2. The smallest absolute Gasteiger partial charge is 0.295 e. The molecule has 30 heavy (non-hydrogen) atoms. The number of aliphatic hydroxyl groups is 1. The second-order valence-corrected chi connectivity index (χ2v) is 6.84. The normalized spacial score (nSPS) is 18.1. The lowest BCUT2D eigenvalue weighted by Crippen LogP contribution is -2.29. The highest BCUT2D eigenvalue weighted by Crippen LogP contribution is 2.40. The second-order valence-electron chi connectivity index (χ2n) is 6.84. The molecular formula is C23H16F2N2O3. The Bertz CT molecular complexity index is 1130. The molecule has 1 unspecified atom stereocenters. The number of likely N-dealkylation sites (tertiary alicyclic amines) is 1. The number of carbonyl (C=O) groups excluding carboxylic acids is 2. The first-order valence-electron chi connectivity index (χ1n) is 9.14. The summed E-state index contributed by atoms with van der Waals surface area (Å²) in [7, 11) is 0. The largest absolute Gasteiger partial charge is 0.507 e. The Morgan fingerprint density at radius 3 is 2.07 bits per heavy atom. The van der Waals surface area contributed by atoms with Crippen molar-refractivity contribution in [3.63, 3.8) is 0 Å². The van der Waals surface area contributed by atoms with E-state index >= 15 is 0 Å². The van der Waals surface area contributed by atoms with Crippen molar-refractivity contribution in [2.45, 2.75) is 12.6 Å². The Balaban J connectivity index is 1.84. The number of benzene rings is 2. The Kier molecular flexibility index (Phi) is 5.10. The summed E-state index contributed by atoms with van der Waals surface area (Å²) in [5.74, 6) is -2.88. The van der Waals surface area contributed by atoms with Crippen LogP contribution >= 0.6 is 0 Å². The lowest BCUT2D eigenvalue weighted by atomic mass is 9.95. The molecule has 1 aliphatic rings. The second kappa shape index (κ2) is 7.87. The maximum atomic E-state index is 13.5. The first-order chi connectivity index (χ1) is 14.5. The highest BCUT2D eigenvalue weighted by Gasteiger charge is 2.46. The molecule has 1 amide bonds. The van der Waals surface area contributed by atoms with Crippen LogP contribution in [0.15, 0.2) is 78.6 Å². The van der Waals surface area contributed by atoms with E-state index in [2.05, 4.69) is 4.98 Å². The fourth-order valence-electron chi connectivity index (χ4n) is 3.49. The predicted molar refractivity (Wildman–Crippen MR) is 105 cm³/mol. The van der Waals surface area contributed by atoms with Crippen molar-refractivity contribution in [2.24, 2.45) is 0 Å². The molecule has 2 aromatic carbocycles. The molecule has 3 aromatic rings. The summed E-state index contributed by atoms with van der Waals surface area (Å²) in [5, 5.41) is 10.8. The first kappa shape index (κ1) is 19.4. The van der Waals surface area contributed by atoms with E-state index in [4.69, 9.17) is 0 Å². The van der Waals surface area contributed by atoms with Gasteiger partial charge in [0.1, 0.15) is 17.4 Å². The molecule has 1 N–H and O–H groups in total. The van der Waals surface area contributed by atoms with Crippen LogP contribution in [0.5, 0.6) is 0 Å². The first-order valence-corrected chi connectivity index (χ1v) is 9.14. The summed E-state index contributed by atoms with van der Waals surface area (Å²) in [6.45, 7) is 0.0139. The zero-order chi connectivity index (χ0) is 21.3.